The number of hydrogen-bond acceptors (Lipinski definition) is 2. The molecule has 0 heterocycles. The van der Waals surface area contributed by atoms with Crippen LogP contribution in [0.5, 0.6) is 0 Å². The van der Waals surface area contributed by atoms with Gasteiger partial charge in [0, 0.05) is 17.7 Å². The Labute approximate surface area is 119 Å². The number of aryl methyl sites for hydroxylation is 1. The molecule has 0 bridgehead atoms. The molecule has 1 amide bonds. The van der Waals surface area contributed by atoms with Crippen LogP contribution in [0.25, 0.3) is 0 Å². The zero-order valence-electron chi connectivity index (χ0n) is 11.7. The Kier molecular flexibility index (Phi) is 4.66. The number of nitrogens with zero attached hydrogens (tertiary/aromatic N) is 1. The first kappa shape index (κ1) is 14.0. The molecule has 0 aliphatic carbocycles. The SMILES string of the molecule is Cc1ccc(C(=O)NN=CC(C)c2ccccc2)cc1. The highest BCUT2D eigenvalue weighted by Gasteiger charge is 2.04. The van der Waals surface area contributed by atoms with E-state index in [-0.39, 0.29) is 11.8 Å². The van der Waals surface area contributed by atoms with Gasteiger partial charge in [0.25, 0.3) is 5.91 Å². The van der Waals surface area contributed by atoms with Crippen molar-refractivity contribution in [1.82, 2.24) is 5.43 Å². The van der Waals surface area contributed by atoms with E-state index in [0.29, 0.717) is 5.56 Å². The van der Waals surface area contributed by atoms with Crippen LogP contribution in [0.3, 0.4) is 0 Å². The zero-order chi connectivity index (χ0) is 14.4. The first-order valence-corrected chi connectivity index (χ1v) is 6.62. The molecule has 3 heteroatoms. The van der Waals surface area contributed by atoms with Gasteiger partial charge >= 0.3 is 0 Å². The van der Waals surface area contributed by atoms with Crippen LogP contribution in [0.1, 0.15) is 34.3 Å². The Morgan fingerprint density at radius 2 is 1.75 bits per heavy atom. The van der Waals surface area contributed by atoms with Crippen molar-refractivity contribution in [3.8, 4) is 0 Å². The fourth-order valence-electron chi connectivity index (χ4n) is 1.82. The van der Waals surface area contributed by atoms with Crippen molar-refractivity contribution >= 4 is 12.1 Å². The minimum Gasteiger partial charge on any atom is -0.267 e. The summed E-state index contributed by atoms with van der Waals surface area (Å²) in [7, 11) is 0. The van der Waals surface area contributed by atoms with Crippen molar-refractivity contribution in [1.29, 1.82) is 0 Å². The van der Waals surface area contributed by atoms with Crippen LogP contribution in [0.4, 0.5) is 0 Å². The minimum absolute atomic E-state index is 0.162. The summed E-state index contributed by atoms with van der Waals surface area (Å²) < 4.78 is 0. The monoisotopic (exact) mass is 266 g/mol. The topological polar surface area (TPSA) is 41.5 Å². The van der Waals surface area contributed by atoms with Gasteiger partial charge in [0.05, 0.1) is 0 Å². The molecule has 0 aliphatic heterocycles. The predicted molar refractivity (Wildman–Crippen MR) is 82.0 cm³/mol. The molecular formula is C17H18N2O. The summed E-state index contributed by atoms with van der Waals surface area (Å²) in [6, 6.07) is 17.4. The first-order chi connectivity index (χ1) is 9.66. The van der Waals surface area contributed by atoms with Gasteiger partial charge < -0.3 is 0 Å². The lowest BCUT2D eigenvalue weighted by atomic mass is 10.0. The molecule has 0 saturated carbocycles. The average molecular weight is 266 g/mol. The maximum absolute atomic E-state index is 11.8. The quantitative estimate of drug-likeness (QED) is 0.667. The molecule has 0 spiro atoms. The summed E-state index contributed by atoms with van der Waals surface area (Å²) in [5, 5.41) is 4.02. The Morgan fingerprint density at radius 3 is 2.40 bits per heavy atom. The van der Waals surface area contributed by atoms with E-state index >= 15 is 0 Å². The van der Waals surface area contributed by atoms with Crippen molar-refractivity contribution in [3.63, 3.8) is 0 Å². The number of hydrazone groups is 1. The normalized spacial score (nSPS) is 12.3. The number of amides is 1. The molecule has 1 N–H and O–H groups in total. The molecule has 2 aromatic carbocycles. The molecule has 2 aromatic rings. The summed E-state index contributed by atoms with van der Waals surface area (Å²) in [5.41, 5.74) is 5.46. The zero-order valence-corrected chi connectivity index (χ0v) is 11.7. The lowest BCUT2D eigenvalue weighted by molar-refractivity contribution is 0.0955. The number of rotatable bonds is 4. The molecular weight excluding hydrogens is 248 g/mol. The maximum atomic E-state index is 11.8. The van der Waals surface area contributed by atoms with Crippen molar-refractivity contribution in [2.45, 2.75) is 19.8 Å². The van der Waals surface area contributed by atoms with Gasteiger partial charge in [-0.15, -0.1) is 0 Å². The van der Waals surface area contributed by atoms with Gasteiger partial charge in [-0.25, -0.2) is 5.43 Å². The van der Waals surface area contributed by atoms with E-state index in [1.54, 1.807) is 18.3 Å². The molecule has 20 heavy (non-hydrogen) atoms. The fraction of sp³-hybridized carbons (Fsp3) is 0.176. The standard InChI is InChI=1S/C17H18N2O/c1-13-8-10-16(11-9-13)17(20)19-18-12-14(2)15-6-4-3-5-7-15/h3-12,14H,1-2H3,(H,19,20). The molecule has 1 unspecified atom stereocenters. The van der Waals surface area contributed by atoms with Crippen LogP contribution in [0, 0.1) is 6.92 Å². The first-order valence-electron chi connectivity index (χ1n) is 6.62. The number of carbonyl (C=O) groups is 1. The fourth-order valence-corrected chi connectivity index (χ4v) is 1.82. The molecule has 1 atom stereocenters. The van der Waals surface area contributed by atoms with E-state index in [4.69, 9.17) is 0 Å². The highest BCUT2D eigenvalue weighted by atomic mass is 16.2. The molecule has 102 valence electrons. The summed E-state index contributed by atoms with van der Waals surface area (Å²) in [6.45, 7) is 4.03. The molecule has 0 fully saturated rings. The van der Waals surface area contributed by atoms with E-state index in [1.807, 2.05) is 56.3 Å². The summed E-state index contributed by atoms with van der Waals surface area (Å²) in [6.07, 6.45) is 1.74. The highest BCUT2D eigenvalue weighted by Crippen LogP contribution is 2.11. The van der Waals surface area contributed by atoms with Crippen molar-refractivity contribution in [2.75, 3.05) is 0 Å². The Bertz CT molecular complexity index is 588. The van der Waals surface area contributed by atoms with Gasteiger partial charge in [0.1, 0.15) is 0 Å². The third-order valence-electron chi connectivity index (χ3n) is 3.10. The van der Waals surface area contributed by atoms with Gasteiger partial charge in [0.15, 0.2) is 0 Å². The van der Waals surface area contributed by atoms with Gasteiger partial charge in [-0.2, -0.15) is 5.10 Å². The van der Waals surface area contributed by atoms with E-state index in [2.05, 4.69) is 10.5 Å². The van der Waals surface area contributed by atoms with Crippen LogP contribution < -0.4 is 5.43 Å². The summed E-state index contributed by atoms with van der Waals surface area (Å²) in [4.78, 5) is 11.8. The third-order valence-corrected chi connectivity index (χ3v) is 3.10. The van der Waals surface area contributed by atoms with Crippen LogP contribution in [0.15, 0.2) is 59.7 Å². The van der Waals surface area contributed by atoms with Crippen LogP contribution in [0.2, 0.25) is 0 Å². The lowest BCUT2D eigenvalue weighted by Crippen LogP contribution is -2.18. The molecule has 3 nitrogen and oxygen atoms in total. The van der Waals surface area contributed by atoms with E-state index in [9.17, 15) is 4.79 Å². The summed E-state index contributed by atoms with van der Waals surface area (Å²) >= 11 is 0. The minimum atomic E-state index is -0.193. The van der Waals surface area contributed by atoms with Crippen LogP contribution in [-0.2, 0) is 0 Å². The average Bonchev–Trinajstić information content (AvgIpc) is 2.48. The molecule has 0 radical (unpaired) electrons. The van der Waals surface area contributed by atoms with Crippen molar-refractivity contribution < 1.29 is 4.79 Å². The number of carbonyl (C=O) groups excluding carboxylic acids is 1. The predicted octanol–water partition coefficient (Wildman–Crippen LogP) is 3.51. The second kappa shape index (κ2) is 6.66. The Morgan fingerprint density at radius 1 is 1.10 bits per heavy atom. The second-order valence-electron chi connectivity index (χ2n) is 4.78. The van der Waals surface area contributed by atoms with Crippen molar-refractivity contribution in [3.05, 3.63) is 71.3 Å². The lowest BCUT2D eigenvalue weighted by Gasteiger charge is -2.05. The van der Waals surface area contributed by atoms with Gasteiger partial charge in [-0.1, -0.05) is 55.0 Å². The van der Waals surface area contributed by atoms with Crippen molar-refractivity contribution in [2.24, 2.45) is 5.10 Å². The van der Waals surface area contributed by atoms with Crippen LogP contribution in [-0.4, -0.2) is 12.1 Å². The largest absolute Gasteiger partial charge is 0.271 e. The highest BCUT2D eigenvalue weighted by molar-refractivity contribution is 5.94. The van der Waals surface area contributed by atoms with Crippen LogP contribution >= 0.6 is 0 Å². The van der Waals surface area contributed by atoms with E-state index < -0.39 is 0 Å². The molecule has 0 aliphatic rings. The smallest absolute Gasteiger partial charge is 0.267 e. The molecule has 2 rings (SSSR count). The Hall–Kier alpha value is -2.42. The molecule has 0 saturated heterocycles. The maximum Gasteiger partial charge on any atom is 0.271 e. The van der Waals surface area contributed by atoms with E-state index in [1.165, 1.54) is 5.56 Å². The van der Waals surface area contributed by atoms with E-state index in [0.717, 1.165) is 5.56 Å². The second-order valence-corrected chi connectivity index (χ2v) is 4.78. The van der Waals surface area contributed by atoms with Gasteiger partial charge in [0.2, 0.25) is 0 Å². The molecule has 0 aromatic heterocycles. The number of nitrogens with one attached hydrogen (secondary N) is 1. The number of benzene rings is 2. The number of hydrogen-bond donors (Lipinski definition) is 1. The Balaban J connectivity index is 1.93. The third kappa shape index (κ3) is 3.79. The van der Waals surface area contributed by atoms with Gasteiger partial charge in [-0.3, -0.25) is 4.79 Å². The summed E-state index contributed by atoms with van der Waals surface area (Å²) in [5.74, 6) is -0.0315. The van der Waals surface area contributed by atoms with Gasteiger partial charge in [-0.05, 0) is 24.6 Å².